The average molecular weight is 356 g/mol. The molecule has 2 N–H and O–H groups in total. The molecule has 0 saturated carbocycles. The molecule has 0 aliphatic rings. The molecular weight excluding hydrogens is 346 g/mol. The Labute approximate surface area is 134 Å². The molecule has 3 rings (SSSR count). The fraction of sp³-hybridized carbons (Fsp3) is 0. The van der Waals surface area contributed by atoms with Gasteiger partial charge in [-0.3, -0.25) is 0 Å². The predicted molar refractivity (Wildman–Crippen MR) is 89.8 cm³/mol. The van der Waals surface area contributed by atoms with E-state index in [2.05, 4.69) is 27.0 Å². The molecule has 0 radical (unpaired) electrons. The summed E-state index contributed by atoms with van der Waals surface area (Å²) >= 11 is 5.10. The maximum atomic E-state index is 9.34. The lowest BCUT2D eigenvalue weighted by molar-refractivity contribution is 1.31. The summed E-state index contributed by atoms with van der Waals surface area (Å²) in [4.78, 5) is 5.38. The number of nitriles is 1. The van der Waals surface area contributed by atoms with Crippen molar-refractivity contribution in [3.63, 3.8) is 0 Å². The van der Waals surface area contributed by atoms with Crippen molar-refractivity contribution < 1.29 is 0 Å². The highest BCUT2D eigenvalue weighted by Gasteiger charge is 2.14. The fourth-order valence-corrected chi connectivity index (χ4v) is 3.35. The van der Waals surface area contributed by atoms with Crippen LogP contribution in [-0.2, 0) is 0 Å². The van der Waals surface area contributed by atoms with Gasteiger partial charge in [-0.05, 0) is 23.6 Å². The molecule has 3 nitrogen and oxygen atoms in total. The van der Waals surface area contributed by atoms with E-state index in [1.54, 1.807) is 11.3 Å². The molecule has 0 amide bonds. The van der Waals surface area contributed by atoms with Gasteiger partial charge in [0.05, 0.1) is 5.69 Å². The van der Waals surface area contributed by atoms with Gasteiger partial charge in [-0.25, -0.2) is 4.98 Å². The summed E-state index contributed by atoms with van der Waals surface area (Å²) in [7, 11) is 0. The van der Waals surface area contributed by atoms with E-state index in [-0.39, 0.29) is 5.82 Å². The lowest BCUT2D eigenvalue weighted by Crippen LogP contribution is -1.99. The van der Waals surface area contributed by atoms with Crippen LogP contribution in [0.1, 0.15) is 5.56 Å². The second-order valence-electron chi connectivity index (χ2n) is 4.38. The highest BCUT2D eigenvalue weighted by atomic mass is 79.9. The SMILES string of the molecule is N#Cc1c(-c2cccs2)cc(-c2ccccc2Br)nc1N. The van der Waals surface area contributed by atoms with Crippen LogP contribution < -0.4 is 5.73 Å². The zero-order valence-corrected chi connectivity index (χ0v) is 13.3. The Kier molecular flexibility index (Phi) is 3.74. The molecule has 0 aliphatic carbocycles. The topological polar surface area (TPSA) is 62.7 Å². The third kappa shape index (κ3) is 2.56. The van der Waals surface area contributed by atoms with Crippen LogP contribution >= 0.6 is 27.3 Å². The maximum Gasteiger partial charge on any atom is 0.142 e. The van der Waals surface area contributed by atoms with Crippen molar-refractivity contribution >= 4 is 33.1 Å². The zero-order chi connectivity index (χ0) is 14.8. The van der Waals surface area contributed by atoms with Gasteiger partial charge in [0.2, 0.25) is 0 Å². The minimum atomic E-state index is 0.258. The summed E-state index contributed by atoms with van der Waals surface area (Å²) in [5.41, 5.74) is 8.93. The minimum Gasteiger partial charge on any atom is -0.383 e. The van der Waals surface area contributed by atoms with Crippen LogP contribution in [-0.4, -0.2) is 4.98 Å². The van der Waals surface area contributed by atoms with E-state index in [0.717, 1.165) is 26.2 Å². The Morgan fingerprint density at radius 3 is 2.62 bits per heavy atom. The Balaban J connectivity index is 2.26. The quantitative estimate of drug-likeness (QED) is 0.724. The van der Waals surface area contributed by atoms with Crippen molar-refractivity contribution in [2.75, 3.05) is 5.73 Å². The van der Waals surface area contributed by atoms with E-state index in [1.165, 1.54) is 0 Å². The van der Waals surface area contributed by atoms with Crippen LogP contribution in [0.3, 0.4) is 0 Å². The first-order valence-corrected chi connectivity index (χ1v) is 7.87. The number of benzene rings is 1. The Morgan fingerprint density at radius 2 is 1.95 bits per heavy atom. The van der Waals surface area contributed by atoms with Crippen LogP contribution in [0.5, 0.6) is 0 Å². The van der Waals surface area contributed by atoms with E-state index < -0.39 is 0 Å². The molecule has 0 saturated heterocycles. The molecule has 102 valence electrons. The van der Waals surface area contributed by atoms with Gasteiger partial charge in [0.25, 0.3) is 0 Å². The first-order chi connectivity index (χ1) is 10.2. The Hall–Kier alpha value is -2.16. The number of nitrogen functional groups attached to an aromatic ring is 1. The lowest BCUT2D eigenvalue weighted by atomic mass is 10.0. The van der Waals surface area contributed by atoms with Gasteiger partial charge in [-0.2, -0.15) is 5.26 Å². The average Bonchev–Trinajstić information content (AvgIpc) is 3.01. The Bertz CT molecular complexity index is 835. The molecule has 0 atom stereocenters. The number of aromatic nitrogens is 1. The zero-order valence-electron chi connectivity index (χ0n) is 10.9. The molecule has 21 heavy (non-hydrogen) atoms. The number of halogens is 1. The smallest absolute Gasteiger partial charge is 0.142 e. The normalized spacial score (nSPS) is 10.3. The maximum absolute atomic E-state index is 9.34. The highest BCUT2D eigenvalue weighted by Crippen LogP contribution is 2.35. The summed E-state index contributed by atoms with van der Waals surface area (Å²) < 4.78 is 0.943. The number of anilines is 1. The number of nitrogens with zero attached hydrogens (tertiary/aromatic N) is 2. The van der Waals surface area contributed by atoms with Gasteiger partial charge in [0, 0.05) is 20.5 Å². The van der Waals surface area contributed by atoms with Gasteiger partial charge in [0.15, 0.2) is 0 Å². The number of rotatable bonds is 2. The predicted octanol–water partition coefficient (Wildman–Crippen LogP) is 4.69. The van der Waals surface area contributed by atoms with Gasteiger partial charge in [-0.1, -0.05) is 40.2 Å². The van der Waals surface area contributed by atoms with Gasteiger partial charge in [-0.15, -0.1) is 11.3 Å². The van der Waals surface area contributed by atoms with Crippen LogP contribution in [0, 0.1) is 11.3 Å². The van der Waals surface area contributed by atoms with Crippen LogP contribution in [0.4, 0.5) is 5.82 Å². The van der Waals surface area contributed by atoms with Crippen molar-refractivity contribution in [3.05, 3.63) is 57.9 Å². The summed E-state index contributed by atoms with van der Waals surface area (Å²) in [5.74, 6) is 0.258. The van der Waals surface area contributed by atoms with E-state index in [9.17, 15) is 5.26 Å². The van der Waals surface area contributed by atoms with Gasteiger partial charge in [0.1, 0.15) is 17.5 Å². The van der Waals surface area contributed by atoms with Crippen LogP contribution in [0.15, 0.2) is 52.3 Å². The molecule has 2 heterocycles. The fourth-order valence-electron chi connectivity index (χ4n) is 2.12. The van der Waals surface area contributed by atoms with Gasteiger partial charge < -0.3 is 5.73 Å². The monoisotopic (exact) mass is 355 g/mol. The molecule has 2 aromatic heterocycles. The second kappa shape index (κ2) is 5.68. The van der Waals surface area contributed by atoms with Crippen molar-refractivity contribution in [2.45, 2.75) is 0 Å². The standard InChI is InChI=1S/C16H10BrN3S/c17-13-5-2-1-4-10(13)14-8-11(15-6-3-7-21-15)12(9-18)16(19)20-14/h1-8H,(H2,19,20). The first-order valence-electron chi connectivity index (χ1n) is 6.20. The third-order valence-electron chi connectivity index (χ3n) is 3.10. The minimum absolute atomic E-state index is 0.258. The molecule has 0 unspecified atom stereocenters. The summed E-state index contributed by atoms with van der Waals surface area (Å²) in [6, 6.07) is 15.8. The third-order valence-corrected chi connectivity index (χ3v) is 4.69. The molecule has 0 fully saturated rings. The number of pyridine rings is 1. The molecule has 0 spiro atoms. The first kappa shape index (κ1) is 13.8. The van der Waals surface area contributed by atoms with E-state index >= 15 is 0 Å². The summed E-state index contributed by atoms with van der Waals surface area (Å²) in [6.07, 6.45) is 0. The van der Waals surface area contributed by atoms with Crippen LogP contribution in [0.2, 0.25) is 0 Å². The largest absolute Gasteiger partial charge is 0.383 e. The number of thiophene rings is 1. The van der Waals surface area contributed by atoms with Crippen molar-refractivity contribution in [1.82, 2.24) is 4.98 Å². The number of nitrogens with two attached hydrogens (primary N) is 1. The molecular formula is C16H10BrN3S. The summed E-state index contributed by atoms with van der Waals surface area (Å²) in [5, 5.41) is 11.3. The molecule has 0 aliphatic heterocycles. The molecule has 1 aromatic carbocycles. The number of hydrogen-bond acceptors (Lipinski definition) is 4. The number of hydrogen-bond donors (Lipinski definition) is 1. The van der Waals surface area contributed by atoms with Crippen molar-refractivity contribution in [2.24, 2.45) is 0 Å². The molecule has 3 aromatic rings. The second-order valence-corrected chi connectivity index (χ2v) is 6.19. The molecule has 0 bridgehead atoms. The van der Waals surface area contributed by atoms with E-state index in [1.807, 2.05) is 47.8 Å². The highest BCUT2D eigenvalue weighted by molar-refractivity contribution is 9.10. The summed E-state index contributed by atoms with van der Waals surface area (Å²) in [6.45, 7) is 0. The van der Waals surface area contributed by atoms with E-state index in [4.69, 9.17) is 5.73 Å². The lowest BCUT2D eigenvalue weighted by Gasteiger charge is -2.09. The van der Waals surface area contributed by atoms with Gasteiger partial charge >= 0.3 is 0 Å². The molecule has 5 heteroatoms. The van der Waals surface area contributed by atoms with Crippen molar-refractivity contribution in [3.8, 4) is 27.8 Å². The Morgan fingerprint density at radius 1 is 1.14 bits per heavy atom. The van der Waals surface area contributed by atoms with Crippen LogP contribution in [0.25, 0.3) is 21.7 Å². The van der Waals surface area contributed by atoms with E-state index in [0.29, 0.717) is 5.56 Å². The van der Waals surface area contributed by atoms with Crippen molar-refractivity contribution in [1.29, 1.82) is 5.26 Å².